The van der Waals surface area contributed by atoms with E-state index in [9.17, 15) is 4.79 Å². The monoisotopic (exact) mass is 229 g/mol. The molecule has 0 amide bonds. The quantitative estimate of drug-likeness (QED) is 0.614. The highest BCUT2D eigenvalue weighted by atomic mass is 32.1. The molecule has 2 nitrogen and oxygen atoms in total. The Bertz CT molecular complexity index is 523. The lowest BCUT2D eigenvalue weighted by molar-refractivity contribution is 0.109. The topological polar surface area (TPSA) is 43.1 Å². The highest BCUT2D eigenvalue weighted by Crippen LogP contribution is 2.24. The highest BCUT2D eigenvalue weighted by molar-refractivity contribution is 7.97. The van der Waals surface area contributed by atoms with E-state index in [-0.39, 0.29) is 5.12 Å². The molecule has 2 aromatic rings. The molecule has 0 heterocycles. The fraction of sp³-hybridized carbons (Fsp3) is 0. The molecule has 0 unspecified atom stereocenters. The van der Waals surface area contributed by atoms with Crippen LogP contribution >= 0.6 is 12.6 Å². The number of carbonyl (C=O) groups is 1. The zero-order valence-corrected chi connectivity index (χ0v) is 9.45. The summed E-state index contributed by atoms with van der Waals surface area (Å²) in [5.41, 5.74) is 8.62. The third kappa shape index (κ3) is 2.09. The van der Waals surface area contributed by atoms with Crippen molar-refractivity contribution in [3.8, 4) is 11.1 Å². The van der Waals surface area contributed by atoms with E-state index in [2.05, 4.69) is 12.6 Å². The molecular formula is C13H11NOS. The first-order chi connectivity index (χ1) is 7.68. The molecule has 16 heavy (non-hydrogen) atoms. The average molecular weight is 229 g/mol. The number of hydrogen-bond acceptors (Lipinski definition) is 2. The number of hydrogen-bond donors (Lipinski definition) is 2. The molecule has 0 saturated heterocycles. The van der Waals surface area contributed by atoms with Gasteiger partial charge < -0.3 is 5.73 Å². The van der Waals surface area contributed by atoms with Gasteiger partial charge in [0.05, 0.1) is 5.56 Å². The summed E-state index contributed by atoms with van der Waals surface area (Å²) in [5, 5.41) is -0.310. The van der Waals surface area contributed by atoms with E-state index in [1.165, 1.54) is 0 Å². The minimum absolute atomic E-state index is 0.310. The maximum Gasteiger partial charge on any atom is 0.218 e. The van der Waals surface area contributed by atoms with Crippen LogP contribution in [0.2, 0.25) is 0 Å². The van der Waals surface area contributed by atoms with Crippen LogP contribution in [-0.2, 0) is 0 Å². The lowest BCUT2D eigenvalue weighted by Gasteiger charge is -2.05. The summed E-state index contributed by atoms with van der Waals surface area (Å²) in [6.45, 7) is 0. The average Bonchev–Trinajstić information content (AvgIpc) is 2.30. The first kappa shape index (κ1) is 10.8. The molecule has 2 rings (SSSR count). The first-order valence-corrected chi connectivity index (χ1v) is 5.31. The summed E-state index contributed by atoms with van der Waals surface area (Å²) in [7, 11) is 0. The van der Waals surface area contributed by atoms with Crippen LogP contribution in [0.25, 0.3) is 11.1 Å². The number of nitrogens with two attached hydrogens (primary N) is 1. The van der Waals surface area contributed by atoms with Gasteiger partial charge in [-0.15, -0.1) is 12.6 Å². The molecule has 0 saturated carbocycles. The van der Waals surface area contributed by atoms with Gasteiger partial charge in [-0.25, -0.2) is 0 Å². The van der Waals surface area contributed by atoms with Crippen LogP contribution in [0.1, 0.15) is 10.4 Å². The Kier molecular flexibility index (Phi) is 2.97. The first-order valence-electron chi connectivity index (χ1n) is 4.87. The third-order valence-corrected chi connectivity index (χ3v) is 2.63. The van der Waals surface area contributed by atoms with E-state index in [0.29, 0.717) is 11.3 Å². The van der Waals surface area contributed by atoms with Gasteiger partial charge in [0.25, 0.3) is 0 Å². The van der Waals surface area contributed by atoms with E-state index < -0.39 is 0 Å². The Balaban J connectivity index is 2.52. The molecule has 0 aliphatic rings. The fourth-order valence-electron chi connectivity index (χ4n) is 1.55. The SMILES string of the molecule is Nc1ccc(-c2ccccc2)cc1C(=O)S. The van der Waals surface area contributed by atoms with E-state index in [0.717, 1.165) is 11.1 Å². The molecule has 0 aromatic heterocycles. The molecule has 0 fully saturated rings. The van der Waals surface area contributed by atoms with Crippen molar-refractivity contribution >= 4 is 23.4 Å². The number of rotatable bonds is 2. The molecule has 80 valence electrons. The van der Waals surface area contributed by atoms with Gasteiger partial charge in [0.15, 0.2) is 0 Å². The minimum Gasteiger partial charge on any atom is -0.398 e. The lowest BCUT2D eigenvalue weighted by Crippen LogP contribution is -1.97. The van der Waals surface area contributed by atoms with Gasteiger partial charge in [0.1, 0.15) is 0 Å². The van der Waals surface area contributed by atoms with Gasteiger partial charge in [-0.1, -0.05) is 36.4 Å². The highest BCUT2D eigenvalue weighted by Gasteiger charge is 2.07. The third-order valence-electron chi connectivity index (χ3n) is 2.39. The van der Waals surface area contributed by atoms with Crippen LogP contribution in [0.3, 0.4) is 0 Å². The Labute approximate surface area is 99.5 Å². The van der Waals surface area contributed by atoms with E-state index in [1.54, 1.807) is 12.1 Å². The van der Waals surface area contributed by atoms with Crippen molar-refractivity contribution in [1.29, 1.82) is 0 Å². The predicted molar refractivity (Wildman–Crippen MR) is 69.6 cm³/mol. The Morgan fingerprint density at radius 3 is 2.31 bits per heavy atom. The number of anilines is 1. The molecule has 2 N–H and O–H groups in total. The van der Waals surface area contributed by atoms with Crippen LogP contribution in [-0.4, -0.2) is 5.12 Å². The van der Waals surface area contributed by atoms with Crippen molar-refractivity contribution in [1.82, 2.24) is 0 Å². The van der Waals surface area contributed by atoms with Crippen molar-refractivity contribution in [3.63, 3.8) is 0 Å². The zero-order valence-electron chi connectivity index (χ0n) is 8.55. The fourth-order valence-corrected chi connectivity index (χ4v) is 1.75. The molecule has 0 bridgehead atoms. The van der Waals surface area contributed by atoms with Gasteiger partial charge in [0, 0.05) is 5.69 Å². The second kappa shape index (κ2) is 4.41. The van der Waals surface area contributed by atoms with E-state index in [1.807, 2.05) is 36.4 Å². The molecular weight excluding hydrogens is 218 g/mol. The summed E-state index contributed by atoms with van der Waals surface area (Å²) < 4.78 is 0. The molecule has 0 radical (unpaired) electrons. The zero-order chi connectivity index (χ0) is 11.5. The van der Waals surface area contributed by atoms with E-state index >= 15 is 0 Å². The minimum atomic E-state index is -0.310. The van der Waals surface area contributed by atoms with Crippen molar-refractivity contribution in [2.45, 2.75) is 0 Å². The van der Waals surface area contributed by atoms with E-state index in [4.69, 9.17) is 5.73 Å². The van der Waals surface area contributed by atoms with Gasteiger partial charge >= 0.3 is 0 Å². The molecule has 0 aliphatic carbocycles. The number of carbonyl (C=O) groups excluding carboxylic acids is 1. The molecule has 2 aromatic carbocycles. The van der Waals surface area contributed by atoms with Gasteiger partial charge in [-0.3, -0.25) is 4.79 Å². The largest absolute Gasteiger partial charge is 0.398 e. The number of nitrogen functional groups attached to an aromatic ring is 1. The van der Waals surface area contributed by atoms with Crippen LogP contribution in [0.15, 0.2) is 48.5 Å². The molecule has 0 aliphatic heterocycles. The van der Waals surface area contributed by atoms with Crippen molar-refractivity contribution in [2.24, 2.45) is 0 Å². The Morgan fingerprint density at radius 1 is 1.00 bits per heavy atom. The number of benzene rings is 2. The van der Waals surface area contributed by atoms with Gasteiger partial charge in [-0.05, 0) is 23.3 Å². The van der Waals surface area contributed by atoms with Crippen LogP contribution in [0.4, 0.5) is 5.69 Å². The second-order valence-electron chi connectivity index (χ2n) is 3.47. The summed E-state index contributed by atoms with van der Waals surface area (Å²) in [4.78, 5) is 11.2. The van der Waals surface area contributed by atoms with Gasteiger partial charge in [0.2, 0.25) is 5.12 Å². The predicted octanol–water partition coefficient (Wildman–Crippen LogP) is 3.01. The smallest absolute Gasteiger partial charge is 0.218 e. The van der Waals surface area contributed by atoms with Crippen LogP contribution < -0.4 is 5.73 Å². The normalized spacial score (nSPS) is 10.1. The summed E-state index contributed by atoms with van der Waals surface area (Å²) in [5.74, 6) is 0. The maximum absolute atomic E-state index is 11.2. The molecule has 3 heteroatoms. The summed E-state index contributed by atoms with van der Waals surface area (Å²) in [6.07, 6.45) is 0. The van der Waals surface area contributed by atoms with Crippen molar-refractivity contribution < 1.29 is 4.79 Å². The van der Waals surface area contributed by atoms with Crippen molar-refractivity contribution in [2.75, 3.05) is 5.73 Å². The lowest BCUT2D eigenvalue weighted by atomic mass is 10.0. The summed E-state index contributed by atoms with van der Waals surface area (Å²) in [6, 6.07) is 15.2. The molecule has 0 atom stereocenters. The molecule has 0 spiro atoms. The standard InChI is InChI=1S/C13H11NOS/c14-12-7-6-10(8-11(12)13(15)16)9-4-2-1-3-5-9/h1-8H,14H2,(H,15,16). The van der Waals surface area contributed by atoms with Crippen molar-refractivity contribution in [3.05, 3.63) is 54.1 Å². The second-order valence-corrected chi connectivity index (χ2v) is 3.88. The maximum atomic E-state index is 11.2. The number of thiol groups is 1. The Hall–Kier alpha value is -1.74. The van der Waals surface area contributed by atoms with Crippen LogP contribution in [0.5, 0.6) is 0 Å². The van der Waals surface area contributed by atoms with Crippen LogP contribution in [0, 0.1) is 0 Å². The van der Waals surface area contributed by atoms with Gasteiger partial charge in [-0.2, -0.15) is 0 Å². The summed E-state index contributed by atoms with van der Waals surface area (Å²) >= 11 is 3.80. The Morgan fingerprint density at radius 2 is 1.69 bits per heavy atom.